The lowest BCUT2D eigenvalue weighted by molar-refractivity contribution is 0.299. The molecule has 12 heavy (non-hydrogen) atoms. The number of hydrogen-bond acceptors (Lipinski definition) is 1. The highest BCUT2D eigenvalue weighted by molar-refractivity contribution is 9.11. The number of ether oxygens (including phenoxy) is 1. The van der Waals surface area contributed by atoms with E-state index in [1.165, 1.54) is 0 Å². The summed E-state index contributed by atoms with van der Waals surface area (Å²) in [5.41, 5.74) is 1.01. The van der Waals surface area contributed by atoms with Crippen LogP contribution in [0.25, 0.3) is 0 Å². The van der Waals surface area contributed by atoms with E-state index in [4.69, 9.17) is 4.74 Å². The van der Waals surface area contributed by atoms with Crippen molar-refractivity contribution in [2.24, 2.45) is 0 Å². The van der Waals surface area contributed by atoms with Gasteiger partial charge in [0.25, 0.3) is 0 Å². The largest absolute Gasteiger partial charge is 0.496 e. The van der Waals surface area contributed by atoms with Gasteiger partial charge in [-0.05, 0) is 25.0 Å². The van der Waals surface area contributed by atoms with Crippen LogP contribution >= 0.6 is 15.9 Å². The van der Waals surface area contributed by atoms with E-state index in [0.717, 1.165) is 22.2 Å². The van der Waals surface area contributed by atoms with Gasteiger partial charge in [0.1, 0.15) is 5.76 Å². The van der Waals surface area contributed by atoms with Crippen LogP contribution in [0.5, 0.6) is 0 Å². The number of halogens is 1. The maximum absolute atomic E-state index is 5.17. The smallest absolute Gasteiger partial charge is 0.122 e. The van der Waals surface area contributed by atoms with Crippen LogP contribution < -0.4 is 0 Å². The topological polar surface area (TPSA) is 9.23 Å². The van der Waals surface area contributed by atoms with Gasteiger partial charge in [-0.2, -0.15) is 0 Å². The van der Waals surface area contributed by atoms with E-state index < -0.39 is 0 Å². The molecule has 0 aliphatic carbocycles. The number of rotatable bonds is 4. The van der Waals surface area contributed by atoms with E-state index in [0.29, 0.717) is 0 Å². The van der Waals surface area contributed by atoms with Gasteiger partial charge in [0.05, 0.1) is 7.11 Å². The van der Waals surface area contributed by atoms with Crippen molar-refractivity contribution in [1.82, 2.24) is 0 Å². The molecule has 0 rings (SSSR count). The maximum atomic E-state index is 5.17. The zero-order chi connectivity index (χ0) is 9.56. The summed E-state index contributed by atoms with van der Waals surface area (Å²) in [6, 6.07) is 0. The molecule has 0 N–H and O–H groups in total. The molecular weight excluding hydrogens is 216 g/mol. The fourth-order valence-corrected chi connectivity index (χ4v) is 0.896. The average molecular weight is 231 g/mol. The molecule has 68 valence electrons. The Balaban J connectivity index is 4.54. The van der Waals surface area contributed by atoms with Gasteiger partial charge in [0.2, 0.25) is 0 Å². The zero-order valence-electron chi connectivity index (χ0n) is 7.86. The van der Waals surface area contributed by atoms with E-state index >= 15 is 0 Å². The molecule has 0 aromatic heterocycles. The molecule has 0 heterocycles. The Morgan fingerprint density at radius 1 is 1.58 bits per heavy atom. The van der Waals surface area contributed by atoms with Gasteiger partial charge in [-0.25, -0.2) is 0 Å². The molecule has 1 nitrogen and oxygen atoms in total. The Kier molecular flexibility index (Phi) is 5.81. The van der Waals surface area contributed by atoms with Gasteiger partial charge < -0.3 is 4.74 Å². The number of hydrogen-bond donors (Lipinski definition) is 0. The van der Waals surface area contributed by atoms with Gasteiger partial charge in [-0.15, -0.1) is 0 Å². The first-order chi connectivity index (χ1) is 5.65. The molecule has 0 unspecified atom stereocenters. The van der Waals surface area contributed by atoms with Crippen LogP contribution in [0.4, 0.5) is 0 Å². The van der Waals surface area contributed by atoms with Crippen LogP contribution in [0.15, 0.2) is 34.5 Å². The minimum absolute atomic E-state index is 0.836. The standard InChI is InChI=1S/C10H15BrO/c1-5-8(3)10(12-4)7-9(11)6-2/h6-7H,3,5H2,1-2,4H3/b9-6+,10-7+. The first-order valence-electron chi connectivity index (χ1n) is 3.91. The summed E-state index contributed by atoms with van der Waals surface area (Å²) in [6.07, 6.45) is 4.79. The SMILES string of the molecule is C=C(CC)/C(=C\C(Br)=C/C)OC. The molecule has 0 aromatic carbocycles. The molecule has 0 amide bonds. The predicted octanol–water partition coefficient (Wildman–Crippen LogP) is 3.78. The highest BCUT2D eigenvalue weighted by atomic mass is 79.9. The van der Waals surface area contributed by atoms with E-state index in [2.05, 4.69) is 29.4 Å². The van der Waals surface area contributed by atoms with E-state index in [-0.39, 0.29) is 0 Å². The van der Waals surface area contributed by atoms with Gasteiger partial charge >= 0.3 is 0 Å². The Bertz CT molecular complexity index is 214. The minimum atomic E-state index is 0.836. The normalized spacial score (nSPS) is 13.0. The molecule has 0 saturated carbocycles. The van der Waals surface area contributed by atoms with Gasteiger partial charge in [-0.1, -0.05) is 35.5 Å². The molecular formula is C10H15BrO. The molecule has 0 aromatic rings. The predicted molar refractivity (Wildman–Crippen MR) is 57.2 cm³/mol. The lowest BCUT2D eigenvalue weighted by Crippen LogP contribution is -1.89. The highest BCUT2D eigenvalue weighted by Gasteiger charge is 1.99. The van der Waals surface area contributed by atoms with Crippen molar-refractivity contribution in [3.8, 4) is 0 Å². The molecule has 0 saturated heterocycles. The molecule has 0 aliphatic rings. The third-order valence-corrected chi connectivity index (χ3v) is 2.23. The second kappa shape index (κ2) is 6.06. The molecule has 0 radical (unpaired) electrons. The van der Waals surface area contributed by atoms with E-state index in [1.807, 2.05) is 19.1 Å². The first kappa shape index (κ1) is 11.5. The molecule has 2 heteroatoms. The first-order valence-corrected chi connectivity index (χ1v) is 4.70. The second-order valence-corrected chi connectivity index (χ2v) is 3.26. The van der Waals surface area contributed by atoms with Gasteiger partial charge in [0.15, 0.2) is 0 Å². The Hall–Kier alpha value is -0.500. The third-order valence-electron chi connectivity index (χ3n) is 1.54. The molecule has 0 bridgehead atoms. The zero-order valence-corrected chi connectivity index (χ0v) is 9.44. The second-order valence-electron chi connectivity index (χ2n) is 2.34. The van der Waals surface area contributed by atoms with Crippen LogP contribution in [0, 0.1) is 0 Å². The molecule has 0 fully saturated rings. The van der Waals surface area contributed by atoms with Crippen LogP contribution in [0.2, 0.25) is 0 Å². The fraction of sp³-hybridized carbons (Fsp3) is 0.400. The Labute approximate surface area is 82.9 Å². The summed E-state index contributed by atoms with van der Waals surface area (Å²) in [5, 5.41) is 0. The summed E-state index contributed by atoms with van der Waals surface area (Å²) in [5.74, 6) is 0.836. The minimum Gasteiger partial charge on any atom is -0.496 e. The average Bonchev–Trinajstić information content (AvgIpc) is 2.12. The van der Waals surface area contributed by atoms with E-state index in [1.54, 1.807) is 7.11 Å². The summed E-state index contributed by atoms with van der Waals surface area (Å²) in [6.45, 7) is 7.91. The molecule has 0 atom stereocenters. The van der Waals surface area contributed by atoms with Crippen molar-refractivity contribution in [2.75, 3.05) is 7.11 Å². The summed E-state index contributed by atoms with van der Waals surface area (Å²) in [4.78, 5) is 0. The summed E-state index contributed by atoms with van der Waals surface area (Å²) < 4.78 is 6.17. The lowest BCUT2D eigenvalue weighted by Gasteiger charge is -2.06. The highest BCUT2D eigenvalue weighted by Crippen LogP contribution is 2.17. The summed E-state index contributed by atoms with van der Waals surface area (Å²) in [7, 11) is 1.66. The van der Waals surface area contributed by atoms with Gasteiger partial charge in [0, 0.05) is 4.48 Å². The Morgan fingerprint density at radius 2 is 2.17 bits per heavy atom. The van der Waals surface area contributed by atoms with Crippen molar-refractivity contribution >= 4 is 15.9 Å². The number of methoxy groups -OCH3 is 1. The van der Waals surface area contributed by atoms with Crippen LogP contribution in [-0.4, -0.2) is 7.11 Å². The molecule has 0 aliphatic heterocycles. The van der Waals surface area contributed by atoms with Crippen LogP contribution in [0.1, 0.15) is 20.3 Å². The third kappa shape index (κ3) is 3.77. The van der Waals surface area contributed by atoms with Crippen LogP contribution in [0.3, 0.4) is 0 Å². The fourth-order valence-electron chi connectivity index (χ4n) is 0.688. The van der Waals surface area contributed by atoms with E-state index in [9.17, 15) is 0 Å². The number of allylic oxidation sites excluding steroid dienone is 4. The van der Waals surface area contributed by atoms with Crippen molar-refractivity contribution in [3.05, 3.63) is 34.5 Å². The quantitative estimate of drug-likeness (QED) is 0.528. The van der Waals surface area contributed by atoms with Crippen molar-refractivity contribution < 1.29 is 4.74 Å². The van der Waals surface area contributed by atoms with Crippen LogP contribution in [-0.2, 0) is 4.74 Å². The monoisotopic (exact) mass is 230 g/mol. The Morgan fingerprint density at radius 3 is 2.50 bits per heavy atom. The molecule has 0 spiro atoms. The van der Waals surface area contributed by atoms with Crippen molar-refractivity contribution in [2.45, 2.75) is 20.3 Å². The maximum Gasteiger partial charge on any atom is 0.122 e. The van der Waals surface area contributed by atoms with Gasteiger partial charge in [-0.3, -0.25) is 0 Å². The lowest BCUT2D eigenvalue weighted by atomic mass is 10.2. The van der Waals surface area contributed by atoms with Crippen molar-refractivity contribution in [1.29, 1.82) is 0 Å². The van der Waals surface area contributed by atoms with Crippen molar-refractivity contribution in [3.63, 3.8) is 0 Å². The summed E-state index contributed by atoms with van der Waals surface area (Å²) >= 11 is 3.38.